The van der Waals surface area contributed by atoms with E-state index in [2.05, 4.69) is 5.18 Å². The van der Waals surface area contributed by atoms with E-state index in [1.54, 1.807) is 0 Å². The second-order valence-corrected chi connectivity index (χ2v) is 4.58. The fraction of sp³-hybridized carbons (Fsp3) is 0.0714. The van der Waals surface area contributed by atoms with Gasteiger partial charge in [-0.05, 0) is 18.2 Å². The lowest BCUT2D eigenvalue weighted by Crippen LogP contribution is -2.08. The molecule has 0 aromatic heterocycles. The van der Waals surface area contributed by atoms with Crippen LogP contribution in [0, 0.1) is 28.2 Å². The van der Waals surface area contributed by atoms with Gasteiger partial charge in [-0.25, -0.2) is 8.78 Å². The van der Waals surface area contributed by atoms with Gasteiger partial charge in [-0.2, -0.15) is 8.78 Å². The number of carbonyl (C=O) groups excluding carboxylic acids is 1. The first-order valence-corrected chi connectivity index (χ1v) is 6.09. The molecule has 0 bridgehead atoms. The third-order valence-electron chi connectivity index (χ3n) is 3.15. The number of ketones is 1. The van der Waals surface area contributed by atoms with E-state index in [-0.39, 0.29) is 22.7 Å². The van der Waals surface area contributed by atoms with Crippen molar-refractivity contribution in [3.63, 3.8) is 0 Å². The van der Waals surface area contributed by atoms with E-state index >= 15 is 0 Å². The van der Waals surface area contributed by atoms with Crippen molar-refractivity contribution in [1.82, 2.24) is 0 Å². The molecule has 0 spiro atoms. The van der Waals surface area contributed by atoms with Crippen LogP contribution in [0.1, 0.15) is 17.3 Å². The number of hydrogen-bond donors (Lipinski definition) is 0. The van der Waals surface area contributed by atoms with E-state index in [0.29, 0.717) is 0 Å². The third-order valence-corrected chi connectivity index (χ3v) is 3.15. The minimum atomic E-state index is -2.07. The van der Waals surface area contributed by atoms with E-state index in [0.717, 1.165) is 19.1 Å². The monoisotopic (exact) mass is 327 g/mol. The molecule has 5 nitrogen and oxygen atoms in total. The zero-order chi connectivity index (χ0) is 16.9. The molecular weight excluding hydrogens is 322 g/mol. The molecule has 2 aromatic rings. The van der Waals surface area contributed by atoms with Gasteiger partial charge in [0.05, 0.1) is 5.56 Å². The quantitative estimate of drug-likeness (QED) is 0.224. The Morgan fingerprint density at radius 1 is 0.913 bits per heavy atom. The molecule has 1 aliphatic heterocycles. The molecule has 9 heteroatoms. The second kappa shape index (κ2) is 5.04. The molecule has 0 aliphatic carbocycles. The van der Waals surface area contributed by atoms with Gasteiger partial charge in [0.15, 0.2) is 17.3 Å². The fourth-order valence-corrected chi connectivity index (χ4v) is 2.06. The highest BCUT2D eigenvalue weighted by Gasteiger charge is 2.33. The van der Waals surface area contributed by atoms with Gasteiger partial charge in [0, 0.05) is 6.07 Å². The Balaban J connectivity index is 2.22. The predicted molar refractivity (Wildman–Crippen MR) is 68.3 cm³/mol. The van der Waals surface area contributed by atoms with E-state index < -0.39 is 40.6 Å². The summed E-state index contributed by atoms with van der Waals surface area (Å²) in [6, 6.07) is 1.95. The van der Waals surface area contributed by atoms with Gasteiger partial charge in [-0.1, -0.05) is 0 Å². The first-order valence-electron chi connectivity index (χ1n) is 6.09. The minimum Gasteiger partial charge on any atom is -0.446 e. The van der Waals surface area contributed by atoms with E-state index in [9.17, 15) is 27.3 Å². The number of halogens is 4. The molecule has 0 amide bonds. The Bertz CT molecular complexity index is 882. The average molecular weight is 327 g/mol. The zero-order valence-corrected chi connectivity index (χ0v) is 11.2. The van der Waals surface area contributed by atoms with Crippen LogP contribution in [-0.2, 0) is 0 Å². The van der Waals surface area contributed by atoms with Gasteiger partial charge in [0.25, 0.3) is 0 Å². The highest BCUT2D eigenvalue weighted by Crippen LogP contribution is 2.50. The van der Waals surface area contributed by atoms with E-state index in [1.165, 1.54) is 0 Å². The molecule has 0 saturated carbocycles. The fourth-order valence-electron chi connectivity index (χ4n) is 2.06. The second-order valence-electron chi connectivity index (χ2n) is 4.58. The van der Waals surface area contributed by atoms with Gasteiger partial charge in [0.1, 0.15) is 5.69 Å². The Kier molecular flexibility index (Phi) is 3.28. The van der Waals surface area contributed by atoms with Crippen molar-refractivity contribution in [3.05, 3.63) is 45.9 Å². The van der Waals surface area contributed by atoms with Crippen LogP contribution in [0.15, 0.2) is 17.3 Å². The molecule has 0 radical (unpaired) electrons. The summed E-state index contributed by atoms with van der Waals surface area (Å²) in [6.07, 6.45) is 0. The lowest BCUT2D eigenvalue weighted by molar-refractivity contribution is 0.101. The third kappa shape index (κ3) is 2.12. The zero-order valence-electron chi connectivity index (χ0n) is 11.2. The lowest BCUT2D eigenvalue weighted by Gasteiger charge is -2.22. The number of carbonyl (C=O) groups is 1. The van der Waals surface area contributed by atoms with Crippen LogP contribution < -0.4 is 9.47 Å². The van der Waals surface area contributed by atoms with Crippen molar-refractivity contribution in [1.29, 1.82) is 0 Å². The number of ether oxygens (including phenoxy) is 2. The highest BCUT2D eigenvalue weighted by molar-refractivity contribution is 5.99. The summed E-state index contributed by atoms with van der Waals surface area (Å²) in [6.45, 7) is 1.14. The number of Topliss-reactive ketones (excluding diaryl/α,β-unsaturated/α-hetero) is 1. The van der Waals surface area contributed by atoms with Crippen molar-refractivity contribution in [3.8, 4) is 23.0 Å². The van der Waals surface area contributed by atoms with Crippen LogP contribution >= 0.6 is 0 Å². The standard InChI is InChI=1S/C14H5F4NO4/c1-4(20)5-2-7-8(3-6(5)19-21)23-14-12(18)10(16)9(15)11(17)13(14)22-7/h2-3H,1H3. The van der Waals surface area contributed by atoms with Gasteiger partial charge in [-0.3, -0.25) is 4.79 Å². The normalized spacial score (nSPS) is 11.9. The maximum absolute atomic E-state index is 13.7. The van der Waals surface area contributed by atoms with Crippen LogP contribution in [0.4, 0.5) is 23.2 Å². The summed E-state index contributed by atoms with van der Waals surface area (Å²) in [5.41, 5.74) is -0.485. The smallest absolute Gasteiger partial charge is 0.212 e. The van der Waals surface area contributed by atoms with Crippen LogP contribution in [0.5, 0.6) is 23.0 Å². The molecular formula is C14H5F4NO4. The Morgan fingerprint density at radius 2 is 1.39 bits per heavy atom. The van der Waals surface area contributed by atoms with Crippen LogP contribution in [0.25, 0.3) is 0 Å². The summed E-state index contributed by atoms with van der Waals surface area (Å²) in [5, 5.41) is 2.62. The molecule has 23 heavy (non-hydrogen) atoms. The van der Waals surface area contributed by atoms with Gasteiger partial charge >= 0.3 is 0 Å². The molecule has 1 heterocycles. The minimum absolute atomic E-state index is 0.158. The largest absolute Gasteiger partial charge is 0.446 e. The van der Waals surface area contributed by atoms with Crippen LogP contribution in [0.2, 0.25) is 0 Å². The molecule has 0 unspecified atom stereocenters. The van der Waals surface area contributed by atoms with Crippen molar-refractivity contribution in [2.24, 2.45) is 5.18 Å². The highest BCUT2D eigenvalue weighted by atomic mass is 19.2. The van der Waals surface area contributed by atoms with Crippen molar-refractivity contribution in [2.45, 2.75) is 6.92 Å². The van der Waals surface area contributed by atoms with Crippen LogP contribution in [0.3, 0.4) is 0 Å². The molecule has 2 aromatic carbocycles. The molecule has 0 N–H and O–H groups in total. The average Bonchev–Trinajstić information content (AvgIpc) is 2.55. The molecule has 1 aliphatic rings. The van der Waals surface area contributed by atoms with Gasteiger partial charge < -0.3 is 9.47 Å². The van der Waals surface area contributed by atoms with E-state index in [1.807, 2.05) is 0 Å². The van der Waals surface area contributed by atoms with Gasteiger partial charge in [-0.15, -0.1) is 4.91 Å². The summed E-state index contributed by atoms with van der Waals surface area (Å²) in [7, 11) is 0. The molecule has 118 valence electrons. The first kappa shape index (κ1) is 14.9. The summed E-state index contributed by atoms with van der Waals surface area (Å²) < 4.78 is 63.8. The van der Waals surface area contributed by atoms with Crippen molar-refractivity contribution < 1.29 is 31.8 Å². The topological polar surface area (TPSA) is 65.0 Å². The molecule has 3 rings (SSSR count). The summed E-state index contributed by atoms with van der Waals surface area (Å²) in [4.78, 5) is 22.2. The molecule has 0 atom stereocenters. The summed E-state index contributed by atoms with van der Waals surface area (Å²) in [5.74, 6) is -10.9. The van der Waals surface area contributed by atoms with Gasteiger partial charge in [0.2, 0.25) is 34.8 Å². The molecule has 0 fully saturated rings. The Hall–Kier alpha value is -2.97. The number of nitrogens with zero attached hydrogens (tertiary/aromatic N) is 1. The molecule has 0 saturated heterocycles. The van der Waals surface area contributed by atoms with Crippen molar-refractivity contribution >= 4 is 11.5 Å². The Labute approximate surface area is 125 Å². The number of fused-ring (bicyclic) bond motifs is 2. The summed E-state index contributed by atoms with van der Waals surface area (Å²) >= 11 is 0. The predicted octanol–water partition coefficient (Wildman–Crippen LogP) is 4.74. The maximum Gasteiger partial charge on any atom is 0.212 e. The Morgan fingerprint density at radius 3 is 1.83 bits per heavy atom. The number of rotatable bonds is 2. The lowest BCUT2D eigenvalue weighted by atomic mass is 10.1. The SMILES string of the molecule is CC(=O)c1cc2c(cc1N=O)Oc1c(F)c(F)c(F)c(F)c1O2. The maximum atomic E-state index is 13.7. The van der Waals surface area contributed by atoms with Crippen molar-refractivity contribution in [2.75, 3.05) is 0 Å². The van der Waals surface area contributed by atoms with Crippen LogP contribution in [-0.4, -0.2) is 5.78 Å². The number of benzene rings is 2. The number of nitroso groups, excluding NO2 is 1. The number of hydrogen-bond acceptors (Lipinski definition) is 5. The first-order chi connectivity index (χ1) is 10.8. The van der Waals surface area contributed by atoms with E-state index in [4.69, 9.17) is 9.47 Å².